The van der Waals surface area contributed by atoms with Gasteiger partial charge in [-0.3, -0.25) is 19.6 Å². The monoisotopic (exact) mass is 565 g/mol. The second-order valence-corrected chi connectivity index (χ2v) is 10.4. The number of carbonyl (C=O) groups excluding carboxylic acids is 2. The molecule has 4 heterocycles. The number of hydrogen-bond donors (Lipinski definition) is 3. The van der Waals surface area contributed by atoms with Crippen LogP contribution < -0.4 is 11.1 Å². The number of likely N-dealkylation sites (tertiary alicyclic amines) is 1. The molecule has 2 aliphatic rings. The van der Waals surface area contributed by atoms with Crippen molar-refractivity contribution in [2.75, 3.05) is 11.9 Å². The molecule has 0 saturated carbocycles. The van der Waals surface area contributed by atoms with E-state index in [4.69, 9.17) is 5.73 Å². The van der Waals surface area contributed by atoms with E-state index in [-0.39, 0.29) is 35.2 Å². The molecule has 0 spiro atoms. The van der Waals surface area contributed by atoms with E-state index in [9.17, 15) is 22.8 Å². The molecule has 2 amide bonds. The van der Waals surface area contributed by atoms with E-state index in [0.29, 0.717) is 36.8 Å². The molecule has 0 unspecified atom stereocenters. The van der Waals surface area contributed by atoms with E-state index in [0.717, 1.165) is 35.7 Å². The normalized spacial score (nSPS) is 19.4. The maximum atomic E-state index is 13.3. The van der Waals surface area contributed by atoms with E-state index in [1.165, 1.54) is 6.07 Å². The number of benzene rings is 2. The van der Waals surface area contributed by atoms with Gasteiger partial charge in [-0.1, -0.05) is 5.21 Å². The largest absolute Gasteiger partial charge is 0.416 e. The van der Waals surface area contributed by atoms with Crippen LogP contribution in [-0.4, -0.2) is 65.6 Å². The molecule has 212 valence electrons. The van der Waals surface area contributed by atoms with Crippen molar-refractivity contribution in [2.24, 2.45) is 5.73 Å². The Balaban J connectivity index is 1.12. The van der Waals surface area contributed by atoms with Crippen molar-refractivity contribution in [3.63, 3.8) is 0 Å². The van der Waals surface area contributed by atoms with Crippen LogP contribution in [0.15, 0.2) is 42.6 Å². The Bertz CT molecular complexity index is 1650. The molecule has 4 aromatic rings. The third-order valence-electron chi connectivity index (χ3n) is 7.68. The number of hydrogen-bond acceptors (Lipinski definition) is 8. The molecule has 41 heavy (non-hydrogen) atoms. The number of nitrogens with one attached hydrogen (secondary N) is 2. The molecular weight excluding hydrogens is 539 g/mol. The number of piperidine rings is 1. The third kappa shape index (κ3) is 5.29. The van der Waals surface area contributed by atoms with Gasteiger partial charge in [-0.15, -0.1) is 5.10 Å². The highest BCUT2D eigenvalue weighted by Gasteiger charge is 2.35. The predicted octanol–water partition coefficient (Wildman–Crippen LogP) is 3.62. The number of primary amides is 1. The fourth-order valence-electron chi connectivity index (χ4n) is 5.55. The predicted molar refractivity (Wildman–Crippen MR) is 142 cm³/mol. The van der Waals surface area contributed by atoms with Gasteiger partial charge in [-0.2, -0.15) is 13.2 Å². The van der Waals surface area contributed by atoms with Gasteiger partial charge in [0, 0.05) is 60.3 Å². The number of nitrogens with two attached hydrogens (primary N) is 1. The SMILES string of the molecule is C[C@@H]1C[C@H](N2Cc3cnc(Nc4cc(C(N)=O)cc(C(F)(F)F)c4)nc3C2)CCN1C(=O)c1ccc2[nH]nnc2c1. The van der Waals surface area contributed by atoms with Gasteiger partial charge in [-0.25, -0.2) is 9.97 Å². The summed E-state index contributed by atoms with van der Waals surface area (Å²) in [6.07, 6.45) is -1.42. The molecule has 6 rings (SSSR count). The molecule has 2 atom stereocenters. The molecule has 0 radical (unpaired) electrons. The Kier molecular flexibility index (Phi) is 6.56. The van der Waals surface area contributed by atoms with Crippen molar-refractivity contribution in [1.82, 2.24) is 35.2 Å². The summed E-state index contributed by atoms with van der Waals surface area (Å²) < 4.78 is 40.0. The number of aromatic amines is 1. The minimum absolute atomic E-state index is 0.0111. The molecule has 0 aliphatic carbocycles. The van der Waals surface area contributed by atoms with E-state index >= 15 is 0 Å². The third-order valence-corrected chi connectivity index (χ3v) is 7.68. The summed E-state index contributed by atoms with van der Waals surface area (Å²) in [5, 5.41) is 13.3. The lowest BCUT2D eigenvalue weighted by Crippen LogP contribution is -2.50. The van der Waals surface area contributed by atoms with Gasteiger partial charge in [0.25, 0.3) is 5.91 Å². The minimum atomic E-state index is -4.65. The van der Waals surface area contributed by atoms with Crippen LogP contribution in [0.5, 0.6) is 0 Å². The van der Waals surface area contributed by atoms with Gasteiger partial charge in [0.15, 0.2) is 0 Å². The zero-order chi connectivity index (χ0) is 28.9. The molecule has 1 saturated heterocycles. The molecule has 0 bridgehead atoms. The summed E-state index contributed by atoms with van der Waals surface area (Å²) >= 11 is 0. The highest BCUT2D eigenvalue weighted by Crippen LogP contribution is 2.34. The van der Waals surface area contributed by atoms with E-state index in [1.807, 2.05) is 11.8 Å². The van der Waals surface area contributed by atoms with Crippen molar-refractivity contribution >= 4 is 34.5 Å². The standard InChI is InChI=1S/C27H26F3N9O2/c1-14-6-20(4-5-39(14)25(41)15-2-3-21-22(9-15)36-37-35-21)38-12-17-11-32-26(34-23(17)13-38)33-19-8-16(24(31)40)7-18(10-19)27(28,29)30/h2-3,7-11,14,20H,4-6,12-13H2,1H3,(H2,31,40)(H,32,33,34)(H,35,36,37)/t14-,20-/m1/s1. The van der Waals surface area contributed by atoms with Crippen LogP contribution in [0.4, 0.5) is 24.8 Å². The van der Waals surface area contributed by atoms with Crippen molar-refractivity contribution in [1.29, 1.82) is 0 Å². The van der Waals surface area contributed by atoms with Gasteiger partial charge in [0.2, 0.25) is 11.9 Å². The van der Waals surface area contributed by atoms with Crippen molar-refractivity contribution < 1.29 is 22.8 Å². The quantitative estimate of drug-likeness (QED) is 0.333. The first kappa shape index (κ1) is 26.6. The van der Waals surface area contributed by atoms with Crippen LogP contribution in [0.25, 0.3) is 11.0 Å². The number of fused-ring (bicyclic) bond motifs is 2. The lowest BCUT2D eigenvalue weighted by atomic mass is 9.96. The number of carbonyl (C=O) groups is 2. The average Bonchev–Trinajstić information content (AvgIpc) is 3.58. The maximum Gasteiger partial charge on any atom is 0.416 e. The molecule has 1 fully saturated rings. The summed E-state index contributed by atoms with van der Waals surface area (Å²) in [5.41, 5.74) is 7.67. The van der Waals surface area contributed by atoms with Gasteiger partial charge in [0.1, 0.15) is 5.52 Å². The summed E-state index contributed by atoms with van der Waals surface area (Å²) in [5.74, 6) is -0.887. The van der Waals surface area contributed by atoms with E-state index in [1.54, 1.807) is 24.4 Å². The van der Waals surface area contributed by atoms with Gasteiger partial charge < -0.3 is 16.0 Å². The summed E-state index contributed by atoms with van der Waals surface area (Å²) in [6.45, 7) is 3.83. The zero-order valence-corrected chi connectivity index (χ0v) is 21.9. The molecule has 2 aliphatic heterocycles. The van der Waals surface area contributed by atoms with Crippen LogP contribution in [0, 0.1) is 0 Å². The highest BCUT2D eigenvalue weighted by molar-refractivity contribution is 5.97. The van der Waals surface area contributed by atoms with Crippen molar-refractivity contribution in [3.8, 4) is 0 Å². The maximum absolute atomic E-state index is 13.3. The average molecular weight is 566 g/mol. The molecule has 4 N–H and O–H groups in total. The fraction of sp³-hybridized carbons (Fsp3) is 0.333. The lowest BCUT2D eigenvalue weighted by Gasteiger charge is -2.41. The highest BCUT2D eigenvalue weighted by atomic mass is 19.4. The van der Waals surface area contributed by atoms with Gasteiger partial charge in [-0.05, 0) is 56.2 Å². The fourth-order valence-corrected chi connectivity index (χ4v) is 5.55. The molecule has 2 aromatic heterocycles. The summed E-state index contributed by atoms with van der Waals surface area (Å²) in [4.78, 5) is 37.8. The smallest absolute Gasteiger partial charge is 0.366 e. The molecule has 2 aromatic carbocycles. The van der Waals surface area contributed by atoms with Gasteiger partial charge >= 0.3 is 6.18 Å². The van der Waals surface area contributed by atoms with E-state index in [2.05, 4.69) is 35.6 Å². The van der Waals surface area contributed by atoms with Crippen LogP contribution in [-0.2, 0) is 19.3 Å². The molecule has 11 nitrogen and oxygen atoms in total. The Morgan fingerprint density at radius 1 is 1.12 bits per heavy atom. The number of amides is 2. The first-order valence-electron chi connectivity index (χ1n) is 13.0. The lowest BCUT2D eigenvalue weighted by molar-refractivity contribution is -0.137. The Hall–Kier alpha value is -4.59. The number of rotatable bonds is 5. The Morgan fingerprint density at radius 2 is 1.95 bits per heavy atom. The van der Waals surface area contributed by atoms with Crippen molar-refractivity contribution in [3.05, 3.63) is 70.5 Å². The summed E-state index contributed by atoms with van der Waals surface area (Å²) in [7, 11) is 0. The van der Waals surface area contributed by atoms with E-state index < -0.39 is 17.6 Å². The van der Waals surface area contributed by atoms with Gasteiger partial charge in [0.05, 0.1) is 16.8 Å². The Labute approximate surface area is 231 Å². The molecule has 14 heteroatoms. The number of aromatic nitrogens is 5. The molecular formula is C27H26F3N9O2. The topological polar surface area (TPSA) is 146 Å². The van der Waals surface area contributed by atoms with Crippen molar-refractivity contribution in [2.45, 2.75) is 51.1 Å². The first-order valence-corrected chi connectivity index (χ1v) is 13.0. The second kappa shape index (κ2) is 10.1. The number of alkyl halides is 3. The zero-order valence-electron chi connectivity index (χ0n) is 21.9. The first-order chi connectivity index (χ1) is 19.5. The summed E-state index contributed by atoms with van der Waals surface area (Å²) in [6, 6.07) is 8.39. The van der Waals surface area contributed by atoms with Crippen LogP contribution in [0.1, 0.15) is 57.3 Å². The number of anilines is 2. The number of H-pyrrole nitrogens is 1. The van der Waals surface area contributed by atoms with Crippen LogP contribution in [0.2, 0.25) is 0 Å². The number of halogens is 3. The Morgan fingerprint density at radius 3 is 2.71 bits per heavy atom. The minimum Gasteiger partial charge on any atom is -0.366 e. The second-order valence-electron chi connectivity index (χ2n) is 10.4. The van der Waals surface area contributed by atoms with Crippen LogP contribution in [0.3, 0.4) is 0 Å². The number of nitrogens with zero attached hydrogens (tertiary/aromatic N) is 6. The van der Waals surface area contributed by atoms with Crippen LogP contribution >= 0.6 is 0 Å².